The van der Waals surface area contributed by atoms with Crippen molar-refractivity contribution in [2.75, 3.05) is 0 Å². The lowest BCUT2D eigenvalue weighted by molar-refractivity contribution is -0.122. The van der Waals surface area contributed by atoms with Crippen LogP contribution in [0.25, 0.3) is 5.65 Å². The molecular formula is C28H36F2N8O2. The molecule has 2 N–H and O–H groups in total. The molecule has 0 radical (unpaired) electrons. The third-order valence-corrected chi connectivity index (χ3v) is 8.33. The Morgan fingerprint density at radius 3 is 2.48 bits per heavy atom. The topological polar surface area (TPSA) is 119 Å². The Hall–Kier alpha value is -3.44. The normalized spacial score (nSPS) is 20.8. The molecule has 2 atom stereocenters. The molecule has 3 aliphatic rings. The van der Waals surface area contributed by atoms with Gasteiger partial charge in [0.05, 0.1) is 42.9 Å². The molecule has 1 unspecified atom stereocenters. The molecule has 0 saturated heterocycles. The smallest absolute Gasteiger partial charge is 0.274 e. The van der Waals surface area contributed by atoms with Gasteiger partial charge in [-0.05, 0) is 74.3 Å². The number of amides is 2. The maximum atomic E-state index is 14.0. The minimum Gasteiger partial charge on any atom is -0.349 e. The minimum atomic E-state index is -2.69. The number of aromatic nitrogens is 6. The van der Waals surface area contributed by atoms with Crippen molar-refractivity contribution in [3.63, 3.8) is 0 Å². The lowest BCUT2D eigenvalue weighted by Crippen LogP contribution is -2.37. The van der Waals surface area contributed by atoms with Crippen LogP contribution in [-0.2, 0) is 11.3 Å². The Labute approximate surface area is 231 Å². The summed E-state index contributed by atoms with van der Waals surface area (Å²) in [4.78, 5) is 32.0. The van der Waals surface area contributed by atoms with Gasteiger partial charge in [-0.25, -0.2) is 18.3 Å². The number of nitrogens with zero attached hydrogens (tertiary/aromatic N) is 6. The first-order valence-electron chi connectivity index (χ1n) is 14.5. The van der Waals surface area contributed by atoms with Gasteiger partial charge in [0.25, 0.3) is 5.91 Å². The van der Waals surface area contributed by atoms with Crippen molar-refractivity contribution in [3.05, 3.63) is 41.6 Å². The van der Waals surface area contributed by atoms with E-state index in [1.165, 1.54) is 6.20 Å². The molecule has 3 aromatic rings. The Bertz CT molecular complexity index is 1370. The van der Waals surface area contributed by atoms with Gasteiger partial charge in [-0.15, -0.1) is 5.10 Å². The second kappa shape index (κ2) is 10.9. The standard InChI is InChI=1S/C28H36F2N8O2/c1-2-3-24(39)34-25(18-6-7-18)20-12-23-33-22(16-37(23)31-13-20)26(19-8-10-28(29,30)11-9-19)35-27(40)21-14-32-38(36-21)15-17-4-5-17/h12-14,16-19,25-26H,2-11,15H2,1H3,(H,34,39)(H,35,40)/t25?,26-/m0/s1. The molecule has 3 fully saturated rings. The molecule has 214 valence electrons. The Balaban J connectivity index is 1.25. The minimum absolute atomic E-state index is 0.0224. The summed E-state index contributed by atoms with van der Waals surface area (Å²) in [5.74, 6) is -2.33. The fourth-order valence-corrected chi connectivity index (χ4v) is 5.67. The summed E-state index contributed by atoms with van der Waals surface area (Å²) in [6, 6.07) is 1.22. The van der Waals surface area contributed by atoms with Gasteiger partial charge in [0.1, 0.15) is 0 Å². The number of carbonyl (C=O) groups excluding carboxylic acids is 2. The molecule has 6 rings (SSSR count). The number of hydrogen-bond acceptors (Lipinski definition) is 6. The summed E-state index contributed by atoms with van der Waals surface area (Å²) in [6.45, 7) is 2.67. The zero-order valence-corrected chi connectivity index (χ0v) is 22.7. The molecule has 3 aromatic heterocycles. The van der Waals surface area contributed by atoms with Gasteiger partial charge >= 0.3 is 0 Å². The average molecular weight is 555 g/mol. The molecule has 0 bridgehead atoms. The number of halogens is 2. The van der Waals surface area contributed by atoms with Gasteiger partial charge in [-0.3, -0.25) is 9.59 Å². The number of rotatable bonds is 11. The van der Waals surface area contributed by atoms with Crippen molar-refractivity contribution in [3.8, 4) is 0 Å². The average Bonchev–Trinajstić information content (AvgIpc) is 3.84. The van der Waals surface area contributed by atoms with Crippen LogP contribution in [-0.4, -0.2) is 47.3 Å². The SMILES string of the molecule is CCCC(=O)NC(c1cnn2cc([C@@H](NC(=O)c3cnn(CC4CC4)n3)C3CCC(F)(F)CC3)nc2c1)C1CC1. The summed E-state index contributed by atoms with van der Waals surface area (Å²) in [5.41, 5.74) is 2.24. The predicted octanol–water partition coefficient (Wildman–Crippen LogP) is 4.39. The Kier molecular flexibility index (Phi) is 7.26. The largest absolute Gasteiger partial charge is 0.349 e. The zero-order chi connectivity index (χ0) is 27.9. The molecule has 3 heterocycles. The fraction of sp³-hybridized carbons (Fsp3) is 0.643. The van der Waals surface area contributed by atoms with Gasteiger partial charge in [0, 0.05) is 19.3 Å². The van der Waals surface area contributed by atoms with Crippen LogP contribution in [0.2, 0.25) is 0 Å². The first-order valence-corrected chi connectivity index (χ1v) is 14.5. The van der Waals surface area contributed by atoms with Gasteiger partial charge in [0.15, 0.2) is 11.3 Å². The van der Waals surface area contributed by atoms with E-state index in [1.807, 2.05) is 13.0 Å². The third kappa shape index (κ3) is 6.15. The number of carbonyl (C=O) groups is 2. The van der Waals surface area contributed by atoms with Crippen LogP contribution in [0.4, 0.5) is 8.78 Å². The van der Waals surface area contributed by atoms with E-state index in [4.69, 9.17) is 4.98 Å². The van der Waals surface area contributed by atoms with Gasteiger partial charge in [-0.2, -0.15) is 15.0 Å². The number of fused-ring (bicyclic) bond motifs is 1. The molecule has 0 aliphatic heterocycles. The van der Waals surface area contributed by atoms with Gasteiger partial charge in [0.2, 0.25) is 11.8 Å². The maximum Gasteiger partial charge on any atom is 0.274 e. The summed E-state index contributed by atoms with van der Waals surface area (Å²) in [5, 5.41) is 19.3. The van der Waals surface area contributed by atoms with E-state index in [1.54, 1.807) is 21.7 Å². The highest BCUT2D eigenvalue weighted by Crippen LogP contribution is 2.43. The Morgan fingerprint density at radius 1 is 1.02 bits per heavy atom. The fourth-order valence-electron chi connectivity index (χ4n) is 5.67. The summed E-state index contributed by atoms with van der Waals surface area (Å²) >= 11 is 0. The first-order chi connectivity index (χ1) is 19.3. The van der Waals surface area contributed by atoms with Crippen LogP contribution in [0.15, 0.2) is 24.7 Å². The van der Waals surface area contributed by atoms with E-state index in [9.17, 15) is 18.4 Å². The number of alkyl halides is 2. The van der Waals surface area contributed by atoms with E-state index >= 15 is 0 Å². The van der Waals surface area contributed by atoms with Crippen LogP contribution in [0.3, 0.4) is 0 Å². The molecule has 3 saturated carbocycles. The van der Waals surface area contributed by atoms with E-state index in [0.29, 0.717) is 36.1 Å². The second-order valence-electron chi connectivity index (χ2n) is 11.8. The molecular weight excluding hydrogens is 518 g/mol. The molecule has 3 aliphatic carbocycles. The third-order valence-electron chi connectivity index (χ3n) is 8.33. The van der Waals surface area contributed by atoms with Gasteiger partial charge in [-0.1, -0.05) is 6.92 Å². The number of nitrogens with one attached hydrogen (secondary N) is 2. The van der Waals surface area contributed by atoms with Crippen molar-refractivity contribution in [2.24, 2.45) is 17.8 Å². The molecule has 0 aromatic carbocycles. The first kappa shape index (κ1) is 26.8. The monoisotopic (exact) mass is 554 g/mol. The highest BCUT2D eigenvalue weighted by Gasteiger charge is 2.40. The van der Waals surface area contributed by atoms with Crippen molar-refractivity contribution in [1.29, 1.82) is 0 Å². The summed E-state index contributed by atoms with van der Waals surface area (Å²) in [7, 11) is 0. The van der Waals surface area contributed by atoms with Crippen molar-refractivity contribution in [2.45, 2.75) is 95.7 Å². The van der Waals surface area contributed by atoms with Crippen LogP contribution in [0.1, 0.15) is 105 Å². The predicted molar refractivity (Wildman–Crippen MR) is 141 cm³/mol. The van der Waals surface area contributed by atoms with Crippen LogP contribution >= 0.6 is 0 Å². The van der Waals surface area contributed by atoms with E-state index in [0.717, 1.165) is 37.7 Å². The summed E-state index contributed by atoms with van der Waals surface area (Å²) in [6.07, 6.45) is 10.7. The quantitative estimate of drug-likeness (QED) is 0.363. The maximum absolute atomic E-state index is 14.0. The van der Waals surface area contributed by atoms with Crippen molar-refractivity contribution < 1.29 is 18.4 Å². The lowest BCUT2D eigenvalue weighted by atomic mass is 9.81. The number of imidazole rings is 1. The van der Waals surface area contributed by atoms with E-state index in [2.05, 4.69) is 25.9 Å². The van der Waals surface area contributed by atoms with Crippen LogP contribution in [0.5, 0.6) is 0 Å². The zero-order valence-electron chi connectivity index (χ0n) is 22.7. The Morgan fingerprint density at radius 2 is 1.77 bits per heavy atom. The van der Waals surface area contributed by atoms with E-state index < -0.39 is 17.9 Å². The molecule has 10 nitrogen and oxygen atoms in total. The van der Waals surface area contributed by atoms with E-state index in [-0.39, 0.29) is 49.2 Å². The van der Waals surface area contributed by atoms with Crippen LogP contribution < -0.4 is 10.6 Å². The highest BCUT2D eigenvalue weighted by atomic mass is 19.3. The molecule has 12 heteroatoms. The molecule has 0 spiro atoms. The molecule has 2 amide bonds. The van der Waals surface area contributed by atoms with Gasteiger partial charge < -0.3 is 10.6 Å². The lowest BCUT2D eigenvalue weighted by Gasteiger charge is -2.33. The van der Waals surface area contributed by atoms with Crippen LogP contribution in [0, 0.1) is 17.8 Å². The molecule has 40 heavy (non-hydrogen) atoms. The second-order valence-corrected chi connectivity index (χ2v) is 11.8. The summed E-state index contributed by atoms with van der Waals surface area (Å²) < 4.78 is 29.7. The van der Waals surface area contributed by atoms with Crippen molar-refractivity contribution in [1.82, 2.24) is 40.2 Å². The number of hydrogen-bond donors (Lipinski definition) is 2. The highest BCUT2D eigenvalue weighted by molar-refractivity contribution is 5.92. The van der Waals surface area contributed by atoms with Crippen molar-refractivity contribution >= 4 is 17.5 Å².